The summed E-state index contributed by atoms with van der Waals surface area (Å²) in [5.41, 5.74) is 4.06. The van der Waals surface area contributed by atoms with Gasteiger partial charge in [-0.3, -0.25) is 9.59 Å². The van der Waals surface area contributed by atoms with E-state index in [-0.39, 0.29) is 12.4 Å². The molecule has 2 aliphatic heterocycles. The highest BCUT2D eigenvalue weighted by molar-refractivity contribution is 5.73. The number of pyridine rings is 1. The highest BCUT2D eigenvalue weighted by Gasteiger charge is 2.27. The maximum Gasteiger partial charge on any atom is 0.290 e. The Morgan fingerprint density at radius 3 is 2.75 bits per heavy atom. The summed E-state index contributed by atoms with van der Waals surface area (Å²) in [5.74, 6) is 1.75. The van der Waals surface area contributed by atoms with E-state index < -0.39 is 0 Å². The van der Waals surface area contributed by atoms with Crippen LogP contribution in [0.15, 0.2) is 12.3 Å². The quantitative estimate of drug-likeness (QED) is 0.689. The summed E-state index contributed by atoms with van der Waals surface area (Å²) in [6.07, 6.45) is 4.29. The van der Waals surface area contributed by atoms with Gasteiger partial charge >= 0.3 is 0 Å². The van der Waals surface area contributed by atoms with E-state index in [1.165, 1.54) is 0 Å². The smallest absolute Gasteiger partial charge is 0.290 e. The summed E-state index contributed by atoms with van der Waals surface area (Å²) in [4.78, 5) is 26.2. The van der Waals surface area contributed by atoms with Gasteiger partial charge in [-0.25, -0.2) is 9.67 Å². The topological polar surface area (TPSA) is 116 Å². The Balaban J connectivity index is 0.000000913. The van der Waals surface area contributed by atoms with Gasteiger partial charge in [-0.05, 0) is 19.4 Å². The highest BCUT2D eigenvalue weighted by Crippen LogP contribution is 2.29. The second kappa shape index (κ2) is 10.9. The number of fused-ring (bicyclic) bond motifs is 1. The second-order valence-electron chi connectivity index (χ2n) is 7.81. The van der Waals surface area contributed by atoms with Gasteiger partial charge in [0.25, 0.3) is 6.47 Å². The van der Waals surface area contributed by atoms with Crippen molar-refractivity contribution in [1.82, 2.24) is 19.7 Å². The maximum absolute atomic E-state index is 11.6. The van der Waals surface area contributed by atoms with Crippen molar-refractivity contribution in [3.05, 3.63) is 29.1 Å². The van der Waals surface area contributed by atoms with Crippen LogP contribution >= 0.6 is 0 Å². The predicted octanol–water partition coefficient (Wildman–Crippen LogP) is 1.65. The number of ether oxygens (including phenoxy) is 3. The van der Waals surface area contributed by atoms with Gasteiger partial charge < -0.3 is 24.2 Å². The van der Waals surface area contributed by atoms with Crippen molar-refractivity contribution in [3.63, 3.8) is 0 Å². The molecule has 10 heteroatoms. The number of hydrogen-bond donors (Lipinski definition) is 1. The average molecular weight is 447 g/mol. The Labute approximate surface area is 187 Å². The van der Waals surface area contributed by atoms with Crippen LogP contribution < -0.4 is 9.47 Å². The Morgan fingerprint density at radius 1 is 1.34 bits per heavy atom. The van der Waals surface area contributed by atoms with Crippen LogP contribution in [-0.4, -0.2) is 77.2 Å². The lowest BCUT2D eigenvalue weighted by Crippen LogP contribution is -2.27. The largest absolute Gasteiger partial charge is 0.483 e. The van der Waals surface area contributed by atoms with E-state index in [2.05, 4.69) is 4.98 Å². The third-order valence-corrected chi connectivity index (χ3v) is 5.67. The molecule has 32 heavy (non-hydrogen) atoms. The van der Waals surface area contributed by atoms with Gasteiger partial charge in [0.2, 0.25) is 17.7 Å². The summed E-state index contributed by atoms with van der Waals surface area (Å²) in [6, 6.07) is 2.02. The Hall–Kier alpha value is -3.14. The molecule has 1 N–H and O–H groups in total. The first-order valence-electron chi connectivity index (χ1n) is 10.6. The molecule has 0 aromatic carbocycles. The van der Waals surface area contributed by atoms with E-state index in [4.69, 9.17) is 29.2 Å². The van der Waals surface area contributed by atoms with E-state index in [0.717, 1.165) is 54.9 Å². The fourth-order valence-electron chi connectivity index (χ4n) is 4.07. The number of carbonyl (C=O) groups excluding carboxylic acids is 1. The lowest BCUT2D eigenvalue weighted by molar-refractivity contribution is -0.128. The Bertz CT molecular complexity index is 945. The van der Waals surface area contributed by atoms with Crippen molar-refractivity contribution >= 4 is 12.4 Å². The van der Waals surface area contributed by atoms with Crippen LogP contribution in [0.25, 0.3) is 5.69 Å². The van der Waals surface area contributed by atoms with Crippen LogP contribution in [0.1, 0.15) is 30.2 Å². The number of hydrogen-bond acceptors (Lipinski definition) is 7. The SMILES string of the molecule is COc1ncc(-n2nc(OCC3CCN(C(C)=O)C3)c3c2CCOCC3)cc1C.O=CO. The molecule has 2 aromatic heterocycles. The van der Waals surface area contributed by atoms with Gasteiger partial charge in [0, 0.05) is 49.9 Å². The van der Waals surface area contributed by atoms with E-state index in [9.17, 15) is 4.79 Å². The lowest BCUT2D eigenvalue weighted by Gasteiger charge is -2.14. The average Bonchev–Trinajstić information content (AvgIpc) is 3.30. The Morgan fingerprint density at radius 2 is 2.09 bits per heavy atom. The van der Waals surface area contributed by atoms with E-state index in [1.807, 2.05) is 22.6 Å². The van der Waals surface area contributed by atoms with E-state index in [0.29, 0.717) is 37.5 Å². The van der Waals surface area contributed by atoms with Crippen molar-refractivity contribution in [1.29, 1.82) is 0 Å². The van der Waals surface area contributed by atoms with Gasteiger partial charge in [-0.15, -0.1) is 5.10 Å². The molecule has 2 aliphatic rings. The molecule has 2 aromatic rings. The van der Waals surface area contributed by atoms with Crippen LogP contribution in [0.4, 0.5) is 0 Å². The minimum absolute atomic E-state index is 0.130. The molecule has 0 bridgehead atoms. The summed E-state index contributed by atoms with van der Waals surface area (Å²) in [5, 5.41) is 11.7. The standard InChI is InChI=1S/C21H28N4O4.CH2O2/c1-14-10-17(11-22-20(14)27-3)25-19-6-9-28-8-5-18(19)21(23-25)29-13-16-4-7-24(12-16)15(2)26;2-1-3/h10-11,16H,4-9,12-13H2,1-3H3;1H,(H,2,3). The van der Waals surface area contributed by atoms with E-state index in [1.54, 1.807) is 20.2 Å². The number of aryl methyl sites for hydroxylation is 1. The van der Waals surface area contributed by atoms with Crippen LogP contribution in [0.2, 0.25) is 0 Å². The number of amides is 1. The fraction of sp³-hybridized carbons (Fsp3) is 0.545. The van der Waals surface area contributed by atoms with Crippen molar-refractivity contribution < 1.29 is 28.9 Å². The Kier molecular flexibility index (Phi) is 8.04. The fourth-order valence-corrected chi connectivity index (χ4v) is 4.07. The lowest BCUT2D eigenvalue weighted by atomic mass is 10.1. The molecular weight excluding hydrogens is 416 g/mol. The second-order valence-corrected chi connectivity index (χ2v) is 7.81. The number of carbonyl (C=O) groups is 2. The highest BCUT2D eigenvalue weighted by atomic mass is 16.5. The van der Waals surface area contributed by atoms with E-state index >= 15 is 0 Å². The van der Waals surface area contributed by atoms with Crippen LogP contribution in [-0.2, 0) is 27.2 Å². The zero-order valence-corrected chi connectivity index (χ0v) is 18.7. The summed E-state index contributed by atoms with van der Waals surface area (Å²) in [6.45, 7) is 6.79. The first-order valence-corrected chi connectivity index (χ1v) is 10.6. The molecule has 4 heterocycles. The first-order chi connectivity index (χ1) is 15.5. The molecule has 0 radical (unpaired) electrons. The van der Waals surface area contributed by atoms with Crippen molar-refractivity contribution in [3.8, 4) is 17.4 Å². The summed E-state index contributed by atoms with van der Waals surface area (Å²) < 4.78 is 19.1. The van der Waals surface area contributed by atoms with Crippen LogP contribution in [0.5, 0.6) is 11.8 Å². The molecule has 174 valence electrons. The molecule has 0 aliphatic carbocycles. The van der Waals surface area contributed by atoms with Gasteiger partial charge in [-0.1, -0.05) is 0 Å². The maximum atomic E-state index is 11.6. The molecule has 4 rings (SSSR count). The number of nitrogens with zero attached hydrogens (tertiary/aromatic N) is 4. The number of carboxylic acid groups (broad SMARTS) is 1. The van der Waals surface area contributed by atoms with Crippen LogP contribution in [0, 0.1) is 12.8 Å². The normalized spacial score (nSPS) is 17.6. The molecular formula is C22H30N4O6. The third kappa shape index (κ3) is 5.37. The summed E-state index contributed by atoms with van der Waals surface area (Å²) >= 11 is 0. The van der Waals surface area contributed by atoms with Gasteiger partial charge in [0.05, 0.1) is 44.5 Å². The molecule has 10 nitrogen and oxygen atoms in total. The summed E-state index contributed by atoms with van der Waals surface area (Å²) in [7, 11) is 1.62. The van der Waals surface area contributed by atoms with Gasteiger partial charge in [0.15, 0.2) is 0 Å². The minimum atomic E-state index is -0.250. The molecule has 1 saturated heterocycles. The number of methoxy groups -OCH3 is 1. The van der Waals surface area contributed by atoms with Gasteiger partial charge in [0.1, 0.15) is 0 Å². The van der Waals surface area contributed by atoms with Crippen molar-refractivity contribution in [2.45, 2.75) is 33.1 Å². The number of aromatic nitrogens is 3. The molecule has 1 fully saturated rings. The molecule has 0 spiro atoms. The van der Waals surface area contributed by atoms with Crippen LogP contribution in [0.3, 0.4) is 0 Å². The molecule has 1 unspecified atom stereocenters. The zero-order chi connectivity index (χ0) is 23.1. The van der Waals surface area contributed by atoms with Gasteiger partial charge in [-0.2, -0.15) is 0 Å². The van der Waals surface area contributed by atoms with Crippen molar-refractivity contribution in [2.75, 3.05) is 40.0 Å². The molecule has 0 saturated carbocycles. The predicted molar refractivity (Wildman–Crippen MR) is 115 cm³/mol. The monoisotopic (exact) mass is 446 g/mol. The zero-order valence-electron chi connectivity index (χ0n) is 18.7. The molecule has 1 atom stereocenters. The first kappa shape index (κ1) is 23.5. The minimum Gasteiger partial charge on any atom is -0.483 e. The number of rotatable bonds is 5. The van der Waals surface area contributed by atoms with Crippen molar-refractivity contribution in [2.24, 2.45) is 5.92 Å². The number of likely N-dealkylation sites (tertiary alicyclic amines) is 1. The third-order valence-electron chi connectivity index (χ3n) is 5.67. The molecule has 1 amide bonds.